The number of hydrogen-bond donors (Lipinski definition) is 0. The summed E-state index contributed by atoms with van der Waals surface area (Å²) in [5.41, 5.74) is 0.389. The Kier molecular flexibility index (Phi) is 8.15. The smallest absolute Gasteiger partial charge is 0.338 e. The van der Waals surface area contributed by atoms with Crippen molar-refractivity contribution in [2.45, 2.75) is 32.5 Å². The molecule has 8 heteroatoms. The Bertz CT molecular complexity index is 1150. The number of carbonyl (C=O) groups excluding carboxylic acids is 1. The topological polar surface area (TPSA) is 23.6 Å². The van der Waals surface area contributed by atoms with Crippen LogP contribution in [-0.2, 0) is 12.7 Å². The fourth-order valence-electron chi connectivity index (χ4n) is 4.96. The number of thiophene rings is 1. The molecule has 1 saturated heterocycles. The third-order valence-corrected chi connectivity index (χ3v) is 7.40. The van der Waals surface area contributed by atoms with Crippen LogP contribution in [0.25, 0.3) is 0 Å². The number of hydrogen-bond acceptors (Lipinski definition) is 3. The molecule has 3 nitrogen and oxygen atoms in total. The predicted octanol–water partition coefficient (Wildman–Crippen LogP) is 6.92. The predicted molar refractivity (Wildman–Crippen MR) is 134 cm³/mol. The molecule has 2 aromatic carbocycles. The summed E-state index contributed by atoms with van der Waals surface area (Å²) >= 11 is 1.65. The van der Waals surface area contributed by atoms with Crippen LogP contribution in [-0.4, -0.2) is 41.9 Å². The molecule has 1 fully saturated rings. The minimum Gasteiger partial charge on any atom is -0.338 e. The first-order valence-electron chi connectivity index (χ1n) is 12.1. The lowest BCUT2D eigenvalue weighted by molar-refractivity contribution is -0.137. The van der Waals surface area contributed by atoms with Gasteiger partial charge in [-0.15, -0.1) is 11.3 Å². The lowest BCUT2D eigenvalue weighted by Crippen LogP contribution is -2.39. The molecule has 1 amide bonds. The Balaban J connectivity index is 1.62. The van der Waals surface area contributed by atoms with Crippen LogP contribution in [0.2, 0.25) is 0 Å². The molecule has 0 aliphatic carbocycles. The molecule has 0 saturated carbocycles. The molecule has 4 rings (SSSR count). The molecule has 3 aromatic rings. The summed E-state index contributed by atoms with van der Waals surface area (Å²) in [6.07, 6.45) is -4.41. The van der Waals surface area contributed by atoms with Gasteiger partial charge >= 0.3 is 6.18 Å². The van der Waals surface area contributed by atoms with E-state index in [4.69, 9.17) is 0 Å². The molecule has 1 aromatic heterocycles. The first-order valence-corrected chi connectivity index (χ1v) is 12.9. The van der Waals surface area contributed by atoms with Crippen LogP contribution in [0, 0.1) is 17.7 Å². The van der Waals surface area contributed by atoms with Gasteiger partial charge in [-0.3, -0.25) is 9.69 Å². The van der Waals surface area contributed by atoms with Crippen LogP contribution < -0.4 is 0 Å². The second-order valence-corrected chi connectivity index (χ2v) is 10.9. The Morgan fingerprint density at radius 3 is 2.47 bits per heavy atom. The maximum absolute atomic E-state index is 13.5. The standard InChI is InChI=1S/C28H30F4N2OS/c1-19(2)14-34(27(35)20-8-10-24(29)11-9-20)16-22-15-33(17-25-7-4-12-36-25)18-26(22)21-5-3-6-23(13-21)28(30,31)32/h3-13,19,22,26H,14-18H2,1-2H3/t22-,26-/m0/s1. The number of nitrogens with zero attached hydrogens (tertiary/aromatic N) is 2. The summed E-state index contributed by atoms with van der Waals surface area (Å²) in [7, 11) is 0. The van der Waals surface area contributed by atoms with E-state index < -0.39 is 17.6 Å². The molecule has 0 radical (unpaired) electrons. The summed E-state index contributed by atoms with van der Waals surface area (Å²) in [4.78, 5) is 18.6. The van der Waals surface area contributed by atoms with E-state index in [0.29, 0.717) is 37.3 Å². The Morgan fingerprint density at radius 2 is 1.83 bits per heavy atom. The molecule has 1 aliphatic rings. The van der Waals surface area contributed by atoms with Gasteiger partial charge in [-0.1, -0.05) is 38.1 Å². The van der Waals surface area contributed by atoms with Crippen LogP contribution in [0.15, 0.2) is 66.0 Å². The number of rotatable bonds is 8. The molecule has 0 spiro atoms. The van der Waals surface area contributed by atoms with E-state index >= 15 is 0 Å². The second kappa shape index (κ2) is 11.1. The van der Waals surface area contributed by atoms with Crippen molar-refractivity contribution in [1.29, 1.82) is 0 Å². The highest BCUT2D eigenvalue weighted by Crippen LogP contribution is 2.38. The zero-order valence-electron chi connectivity index (χ0n) is 20.3. The van der Waals surface area contributed by atoms with Gasteiger partial charge < -0.3 is 4.90 Å². The monoisotopic (exact) mass is 518 g/mol. The molecule has 2 atom stereocenters. The minimum absolute atomic E-state index is 0.0448. The molecule has 192 valence electrons. The largest absolute Gasteiger partial charge is 0.416 e. The van der Waals surface area contributed by atoms with E-state index in [1.165, 1.54) is 41.3 Å². The fourth-order valence-corrected chi connectivity index (χ4v) is 5.71. The number of amides is 1. The molecule has 0 N–H and O–H groups in total. The van der Waals surface area contributed by atoms with Crippen molar-refractivity contribution in [3.05, 3.63) is 93.4 Å². The van der Waals surface area contributed by atoms with Gasteiger partial charge in [0.05, 0.1) is 5.56 Å². The summed E-state index contributed by atoms with van der Waals surface area (Å²) < 4.78 is 53.8. The molecule has 1 aliphatic heterocycles. The summed E-state index contributed by atoms with van der Waals surface area (Å²) in [6.45, 7) is 6.97. The zero-order chi connectivity index (χ0) is 25.9. The average Bonchev–Trinajstić information content (AvgIpc) is 3.48. The quantitative estimate of drug-likeness (QED) is 0.302. The van der Waals surface area contributed by atoms with E-state index in [1.54, 1.807) is 22.3 Å². The maximum Gasteiger partial charge on any atom is 0.416 e. The number of halogens is 4. The Morgan fingerprint density at radius 1 is 1.08 bits per heavy atom. The van der Waals surface area contributed by atoms with Crippen molar-refractivity contribution >= 4 is 17.2 Å². The molecule has 36 heavy (non-hydrogen) atoms. The van der Waals surface area contributed by atoms with Gasteiger partial charge in [-0.25, -0.2) is 4.39 Å². The van der Waals surface area contributed by atoms with E-state index in [0.717, 1.165) is 12.6 Å². The summed E-state index contributed by atoms with van der Waals surface area (Å²) in [6, 6.07) is 15.1. The van der Waals surface area contributed by atoms with E-state index in [2.05, 4.69) is 11.0 Å². The Labute approximate surface area is 213 Å². The van der Waals surface area contributed by atoms with E-state index in [1.807, 2.05) is 25.3 Å². The maximum atomic E-state index is 13.5. The van der Waals surface area contributed by atoms with Gasteiger partial charge in [-0.05, 0) is 59.2 Å². The first-order chi connectivity index (χ1) is 17.1. The average molecular weight is 519 g/mol. The van der Waals surface area contributed by atoms with Gasteiger partial charge in [0.25, 0.3) is 5.91 Å². The fraction of sp³-hybridized carbons (Fsp3) is 0.393. The van der Waals surface area contributed by atoms with Crippen molar-refractivity contribution in [3.8, 4) is 0 Å². The molecule has 0 unspecified atom stereocenters. The highest BCUT2D eigenvalue weighted by Gasteiger charge is 2.38. The number of alkyl halides is 3. The van der Waals surface area contributed by atoms with Gasteiger partial charge in [0.1, 0.15) is 5.82 Å². The third-order valence-electron chi connectivity index (χ3n) is 6.54. The van der Waals surface area contributed by atoms with Crippen LogP contribution in [0.1, 0.15) is 46.1 Å². The Hall–Kier alpha value is -2.71. The number of benzene rings is 2. The minimum atomic E-state index is -4.41. The molecular weight excluding hydrogens is 488 g/mol. The van der Waals surface area contributed by atoms with Gasteiger partial charge in [0.15, 0.2) is 0 Å². The van der Waals surface area contributed by atoms with Crippen molar-refractivity contribution < 1.29 is 22.4 Å². The molecule has 0 bridgehead atoms. The van der Waals surface area contributed by atoms with Crippen molar-refractivity contribution in [2.75, 3.05) is 26.2 Å². The number of likely N-dealkylation sites (tertiary alicyclic amines) is 1. The SMILES string of the molecule is CC(C)CN(C[C@@H]1CN(Cc2cccs2)C[C@H]1c1cccc(C(F)(F)F)c1)C(=O)c1ccc(F)cc1. The van der Waals surface area contributed by atoms with Crippen molar-refractivity contribution in [1.82, 2.24) is 9.80 Å². The van der Waals surface area contributed by atoms with Crippen LogP contribution in [0.4, 0.5) is 17.6 Å². The van der Waals surface area contributed by atoms with Crippen LogP contribution >= 0.6 is 11.3 Å². The van der Waals surface area contributed by atoms with Gasteiger partial charge in [-0.2, -0.15) is 13.2 Å². The van der Waals surface area contributed by atoms with E-state index in [9.17, 15) is 22.4 Å². The summed E-state index contributed by atoms with van der Waals surface area (Å²) in [5, 5.41) is 2.01. The highest BCUT2D eigenvalue weighted by atomic mass is 32.1. The zero-order valence-corrected chi connectivity index (χ0v) is 21.2. The lowest BCUT2D eigenvalue weighted by atomic mass is 9.87. The third kappa shape index (κ3) is 6.53. The van der Waals surface area contributed by atoms with Gasteiger partial charge in [0.2, 0.25) is 0 Å². The highest BCUT2D eigenvalue weighted by molar-refractivity contribution is 7.09. The first kappa shape index (κ1) is 26.4. The lowest BCUT2D eigenvalue weighted by Gasteiger charge is -2.30. The molecular formula is C28H30F4N2OS. The molecule has 2 heterocycles. The van der Waals surface area contributed by atoms with Gasteiger partial charge in [0, 0.05) is 49.1 Å². The van der Waals surface area contributed by atoms with Crippen LogP contribution in [0.5, 0.6) is 0 Å². The van der Waals surface area contributed by atoms with Crippen LogP contribution in [0.3, 0.4) is 0 Å². The normalized spacial score (nSPS) is 18.6. The number of carbonyl (C=O) groups is 1. The summed E-state index contributed by atoms with van der Waals surface area (Å²) in [5.74, 6) is -0.598. The van der Waals surface area contributed by atoms with E-state index in [-0.39, 0.29) is 23.7 Å². The van der Waals surface area contributed by atoms with Crippen molar-refractivity contribution in [3.63, 3.8) is 0 Å². The van der Waals surface area contributed by atoms with Crippen molar-refractivity contribution in [2.24, 2.45) is 11.8 Å². The second-order valence-electron chi connectivity index (χ2n) is 9.87.